The van der Waals surface area contributed by atoms with Gasteiger partial charge < -0.3 is 8.42 Å². The maximum absolute atomic E-state index is 10.4. The molecular formula is C8H7KO2S. The van der Waals surface area contributed by atoms with Gasteiger partial charge in [-0.2, -0.15) is 0 Å². The maximum atomic E-state index is 10.4. The Balaban J connectivity index is 0.00000121. The fourth-order valence-electron chi connectivity index (χ4n) is 0.715. The summed E-state index contributed by atoms with van der Waals surface area (Å²) in [6.45, 7) is 3.55. The summed E-state index contributed by atoms with van der Waals surface area (Å²) >= 11 is 0. The summed E-state index contributed by atoms with van der Waals surface area (Å²) in [5.74, 6) is 0. The predicted molar refractivity (Wildman–Crippen MR) is 43.5 cm³/mol. The van der Waals surface area contributed by atoms with Gasteiger partial charge in [-0.3, -0.25) is 0 Å². The number of hydrogen-bond acceptors (Lipinski definition) is 3. The molecule has 0 bridgehead atoms. The van der Waals surface area contributed by atoms with E-state index < -0.39 is 10.7 Å². The average molecular weight is 206 g/mol. The fourth-order valence-corrected chi connectivity index (χ4v) is 1.07. The van der Waals surface area contributed by atoms with E-state index in [1.165, 1.54) is 0 Å². The topological polar surface area (TPSA) is 34.1 Å². The smallest absolute Gasteiger partial charge is 0.420 e. The molecular weight excluding hydrogens is 199 g/mol. The molecule has 0 aliphatic rings. The Morgan fingerprint density at radius 3 is 2.00 bits per heavy atom. The van der Waals surface area contributed by atoms with Crippen LogP contribution in [0, 0.1) is 0 Å². The van der Waals surface area contributed by atoms with Crippen LogP contribution in [0.15, 0.2) is 35.7 Å². The van der Waals surface area contributed by atoms with Gasteiger partial charge in [0.25, 0.3) is 0 Å². The first kappa shape index (κ1) is 12.5. The molecule has 0 saturated heterocycles. The first-order valence-electron chi connectivity index (χ1n) is 3.06. The van der Waals surface area contributed by atoms with Crippen LogP contribution in [0.4, 0.5) is 0 Å². The molecule has 0 atom stereocenters. The largest absolute Gasteiger partial charge is 1.00 e. The zero-order valence-electron chi connectivity index (χ0n) is 6.82. The third-order valence-corrected chi connectivity index (χ3v) is 1.97. The number of benzene rings is 1. The van der Waals surface area contributed by atoms with Gasteiger partial charge in [0.1, 0.15) is 0 Å². The quantitative estimate of drug-likeness (QED) is 0.459. The van der Waals surface area contributed by atoms with Crippen LogP contribution in [-0.4, -0.2) is 0 Å². The van der Waals surface area contributed by atoms with Crippen LogP contribution in [0.5, 0.6) is 0 Å². The van der Waals surface area contributed by atoms with Crippen LogP contribution in [0.1, 0.15) is 5.56 Å². The molecule has 12 heavy (non-hydrogen) atoms. The van der Waals surface area contributed by atoms with Crippen LogP contribution in [-0.2, 0) is 19.1 Å². The molecule has 0 fully saturated rings. The Labute approximate surface area is 116 Å². The molecule has 0 aromatic heterocycles. The van der Waals surface area contributed by atoms with Gasteiger partial charge in [-0.05, 0) is 16.3 Å². The molecule has 2 nitrogen and oxygen atoms in total. The predicted octanol–water partition coefficient (Wildman–Crippen LogP) is -0.998. The van der Waals surface area contributed by atoms with E-state index in [1.54, 1.807) is 30.3 Å². The summed E-state index contributed by atoms with van der Waals surface area (Å²) in [7, 11) is -2.12. The van der Waals surface area contributed by atoms with E-state index in [0.29, 0.717) is 4.90 Å². The van der Waals surface area contributed by atoms with E-state index in [2.05, 4.69) is 6.58 Å². The second-order valence-electron chi connectivity index (χ2n) is 2.01. The van der Waals surface area contributed by atoms with E-state index >= 15 is 0 Å². The Morgan fingerprint density at radius 2 is 1.67 bits per heavy atom. The molecule has 0 unspecified atom stereocenters. The van der Waals surface area contributed by atoms with E-state index in [4.69, 9.17) is 0 Å². The zero-order chi connectivity index (χ0) is 8.27. The van der Waals surface area contributed by atoms with Crippen molar-refractivity contribution >= 4 is 16.8 Å². The summed E-state index contributed by atoms with van der Waals surface area (Å²) in [6, 6.07) is 6.50. The Kier molecular flexibility index (Phi) is 6.35. The van der Waals surface area contributed by atoms with Gasteiger partial charge in [-0.25, -0.2) is 0 Å². The number of hydrogen-bond donors (Lipinski definition) is 0. The molecule has 0 aliphatic heterocycles. The summed E-state index contributed by atoms with van der Waals surface area (Å²) in [5, 5.41) is 0. The maximum Gasteiger partial charge on any atom is 1.00 e. The Morgan fingerprint density at radius 1 is 1.17 bits per heavy atom. The third-order valence-electron chi connectivity index (χ3n) is 1.31. The van der Waals surface area contributed by atoms with Gasteiger partial charge in [0.05, 0.1) is 0 Å². The van der Waals surface area contributed by atoms with Gasteiger partial charge in [0.2, 0.25) is 0 Å². The van der Waals surface area contributed by atoms with Gasteiger partial charge >= 0.3 is 51.4 Å². The first-order chi connectivity index (χ1) is 5.24. The van der Waals surface area contributed by atoms with E-state index in [0.717, 1.165) is 5.56 Å². The van der Waals surface area contributed by atoms with Crippen molar-refractivity contribution in [3.8, 4) is 0 Å². The van der Waals surface area contributed by atoms with Gasteiger partial charge in [-0.15, -0.1) is 0 Å². The molecule has 0 radical (unpaired) electrons. The van der Waals surface area contributed by atoms with E-state index in [9.17, 15) is 8.42 Å². The van der Waals surface area contributed by atoms with Crippen LogP contribution in [0.25, 0.3) is 6.08 Å². The molecule has 0 spiro atoms. The summed E-state index contributed by atoms with van der Waals surface area (Å²) in [5.41, 5.74) is 0.916. The van der Waals surface area contributed by atoms with Crippen molar-refractivity contribution < 1.29 is 59.8 Å². The molecule has 0 heterocycles. The van der Waals surface area contributed by atoms with Gasteiger partial charge in [0, 0.05) is 0 Å². The molecule has 0 saturated carbocycles. The van der Waals surface area contributed by atoms with Crippen molar-refractivity contribution in [1.29, 1.82) is 0 Å². The van der Waals surface area contributed by atoms with Crippen molar-refractivity contribution in [3.63, 3.8) is 0 Å². The number of rotatable bonds is 2. The molecule has 1 rings (SSSR count). The summed E-state index contributed by atoms with van der Waals surface area (Å²) in [6.07, 6.45) is 1.66. The van der Waals surface area contributed by atoms with Crippen LogP contribution in [0.2, 0.25) is 0 Å². The Bertz CT molecular complexity index is 319. The minimum absolute atomic E-state index is 0. The zero-order valence-corrected chi connectivity index (χ0v) is 10.8. The van der Waals surface area contributed by atoms with Crippen LogP contribution >= 0.6 is 0 Å². The second-order valence-corrected chi connectivity index (χ2v) is 2.95. The van der Waals surface area contributed by atoms with Crippen molar-refractivity contribution in [3.05, 3.63) is 36.4 Å². The molecule has 1 aromatic carbocycles. The monoisotopic (exact) mass is 206 g/mol. The fraction of sp³-hybridized carbons (Fsp3) is 0. The van der Waals surface area contributed by atoms with Crippen molar-refractivity contribution in [2.75, 3.05) is 0 Å². The van der Waals surface area contributed by atoms with Gasteiger partial charge in [0.15, 0.2) is 0 Å². The molecule has 1 aromatic rings. The standard InChI is InChI=1S/C8H7O2S.K/c1-2-7-3-5-8(6-4-7)11(9)10;/h2-6H,1H2;/q-1;+1. The molecule has 0 amide bonds. The van der Waals surface area contributed by atoms with Gasteiger partial charge in [-0.1, -0.05) is 41.8 Å². The average Bonchev–Trinajstić information content (AvgIpc) is 2.05. The third kappa shape index (κ3) is 3.51. The summed E-state index contributed by atoms with van der Waals surface area (Å²) < 4.78 is 20.7. The SMILES string of the molecule is C=Cc1ccc([S-](=O)=O)cc1.[K+]. The summed E-state index contributed by atoms with van der Waals surface area (Å²) in [4.78, 5) is 0.301. The Hall–Kier alpha value is 0.546. The first-order valence-corrected chi connectivity index (χ1v) is 4.13. The van der Waals surface area contributed by atoms with Crippen molar-refractivity contribution in [1.82, 2.24) is 0 Å². The molecule has 0 N–H and O–H groups in total. The van der Waals surface area contributed by atoms with E-state index in [-0.39, 0.29) is 51.4 Å². The van der Waals surface area contributed by atoms with Crippen molar-refractivity contribution in [2.24, 2.45) is 0 Å². The second kappa shape index (κ2) is 6.07. The molecule has 4 heteroatoms. The normalized spacial score (nSPS) is 9.08. The molecule has 58 valence electrons. The van der Waals surface area contributed by atoms with Crippen LogP contribution < -0.4 is 51.4 Å². The molecule has 0 aliphatic carbocycles. The van der Waals surface area contributed by atoms with Crippen molar-refractivity contribution in [2.45, 2.75) is 4.90 Å². The minimum atomic E-state index is -2.12. The van der Waals surface area contributed by atoms with E-state index in [1.807, 2.05) is 0 Å². The van der Waals surface area contributed by atoms with Crippen LogP contribution in [0.3, 0.4) is 0 Å². The minimum Gasteiger partial charge on any atom is -0.420 e.